The van der Waals surface area contributed by atoms with Crippen LogP contribution >= 0.6 is 11.6 Å². The molecule has 0 spiro atoms. The average molecular weight is 235 g/mol. The molecule has 0 saturated heterocycles. The van der Waals surface area contributed by atoms with Gasteiger partial charge >= 0.3 is 0 Å². The van der Waals surface area contributed by atoms with Gasteiger partial charge in [0.25, 0.3) is 0 Å². The van der Waals surface area contributed by atoms with Gasteiger partial charge in [0, 0.05) is 6.07 Å². The quantitative estimate of drug-likeness (QED) is 0.765. The van der Waals surface area contributed by atoms with Crippen LogP contribution in [0.3, 0.4) is 0 Å². The molecule has 3 nitrogen and oxygen atoms in total. The molecule has 0 bridgehead atoms. The summed E-state index contributed by atoms with van der Waals surface area (Å²) in [4.78, 5) is 7.94. The highest BCUT2D eigenvalue weighted by Gasteiger charge is 2.09. The van der Waals surface area contributed by atoms with Gasteiger partial charge in [0.1, 0.15) is 23.3 Å². The first-order chi connectivity index (χ1) is 7.75. The first-order valence-corrected chi connectivity index (χ1v) is 5.32. The van der Waals surface area contributed by atoms with Gasteiger partial charge in [0.05, 0.1) is 5.69 Å². The maximum absolute atomic E-state index is 5.79. The van der Waals surface area contributed by atoms with E-state index in [1.807, 2.05) is 37.3 Å². The van der Waals surface area contributed by atoms with E-state index in [4.69, 9.17) is 16.3 Å². The summed E-state index contributed by atoms with van der Waals surface area (Å²) in [6, 6.07) is 11.3. The molecule has 0 aliphatic rings. The molecule has 1 aromatic carbocycles. The zero-order valence-corrected chi connectivity index (χ0v) is 9.56. The Morgan fingerprint density at radius 1 is 1.19 bits per heavy atom. The molecule has 1 unspecified atom stereocenters. The number of ether oxygens (including phenoxy) is 1. The number of para-hydroxylation sites is 1. The maximum atomic E-state index is 5.79. The van der Waals surface area contributed by atoms with Crippen molar-refractivity contribution >= 4 is 11.6 Å². The Balaban J connectivity index is 2.12. The number of halogens is 1. The summed E-state index contributed by atoms with van der Waals surface area (Å²) in [5, 5.41) is 0.425. The summed E-state index contributed by atoms with van der Waals surface area (Å²) < 4.78 is 5.71. The van der Waals surface area contributed by atoms with Gasteiger partial charge in [0.15, 0.2) is 0 Å². The standard InChI is InChI=1S/C12H11ClN2O/c1-9(11-7-12(13)15-8-14-11)16-10-5-3-2-4-6-10/h2-9H,1H3. The van der Waals surface area contributed by atoms with E-state index in [2.05, 4.69) is 9.97 Å². The van der Waals surface area contributed by atoms with E-state index < -0.39 is 0 Å². The molecule has 1 heterocycles. The van der Waals surface area contributed by atoms with Crippen molar-refractivity contribution in [2.75, 3.05) is 0 Å². The van der Waals surface area contributed by atoms with Crippen LogP contribution in [0.5, 0.6) is 5.75 Å². The second-order valence-electron chi connectivity index (χ2n) is 3.34. The molecule has 16 heavy (non-hydrogen) atoms. The van der Waals surface area contributed by atoms with Crippen molar-refractivity contribution in [1.82, 2.24) is 9.97 Å². The first-order valence-electron chi connectivity index (χ1n) is 4.95. The highest BCUT2D eigenvalue weighted by Crippen LogP contribution is 2.20. The van der Waals surface area contributed by atoms with Crippen molar-refractivity contribution < 1.29 is 4.74 Å². The second kappa shape index (κ2) is 4.94. The van der Waals surface area contributed by atoms with Crippen LogP contribution in [0, 0.1) is 0 Å². The lowest BCUT2D eigenvalue weighted by Gasteiger charge is -2.13. The minimum absolute atomic E-state index is 0.150. The summed E-state index contributed by atoms with van der Waals surface area (Å²) >= 11 is 5.79. The van der Waals surface area contributed by atoms with Crippen LogP contribution in [0.2, 0.25) is 5.15 Å². The van der Waals surface area contributed by atoms with Gasteiger partial charge in [-0.05, 0) is 19.1 Å². The Morgan fingerprint density at radius 3 is 2.62 bits per heavy atom. The summed E-state index contributed by atoms with van der Waals surface area (Å²) in [5.41, 5.74) is 0.767. The highest BCUT2D eigenvalue weighted by molar-refractivity contribution is 6.29. The topological polar surface area (TPSA) is 35.0 Å². The van der Waals surface area contributed by atoms with Crippen molar-refractivity contribution in [3.63, 3.8) is 0 Å². The third kappa shape index (κ3) is 2.70. The second-order valence-corrected chi connectivity index (χ2v) is 3.73. The van der Waals surface area contributed by atoms with Gasteiger partial charge in [-0.3, -0.25) is 0 Å². The number of hydrogen-bond acceptors (Lipinski definition) is 3. The smallest absolute Gasteiger partial charge is 0.138 e. The SMILES string of the molecule is CC(Oc1ccccc1)c1cc(Cl)ncn1. The zero-order chi connectivity index (χ0) is 11.4. The molecule has 0 aliphatic heterocycles. The summed E-state index contributed by atoms with van der Waals surface area (Å²) in [6.45, 7) is 1.92. The van der Waals surface area contributed by atoms with Gasteiger partial charge in [0.2, 0.25) is 0 Å². The molecule has 1 aromatic heterocycles. The fraction of sp³-hybridized carbons (Fsp3) is 0.167. The van der Waals surface area contributed by atoms with Crippen LogP contribution in [0.4, 0.5) is 0 Å². The van der Waals surface area contributed by atoms with Gasteiger partial charge in [-0.15, -0.1) is 0 Å². The lowest BCUT2D eigenvalue weighted by molar-refractivity contribution is 0.221. The fourth-order valence-corrected chi connectivity index (χ4v) is 1.49. The van der Waals surface area contributed by atoms with Gasteiger partial charge in [-0.2, -0.15) is 0 Å². The Morgan fingerprint density at radius 2 is 1.94 bits per heavy atom. The van der Waals surface area contributed by atoms with Crippen molar-refractivity contribution in [2.24, 2.45) is 0 Å². The summed E-state index contributed by atoms with van der Waals surface area (Å²) in [6.07, 6.45) is 1.28. The molecule has 0 saturated carbocycles. The van der Waals surface area contributed by atoms with Crippen molar-refractivity contribution in [1.29, 1.82) is 0 Å². The van der Waals surface area contributed by atoms with Crippen LogP contribution in [0.15, 0.2) is 42.7 Å². The summed E-state index contributed by atoms with van der Waals surface area (Å²) in [7, 11) is 0. The molecule has 2 aromatic rings. The Labute approximate surface area is 99.1 Å². The van der Waals surface area contributed by atoms with Crippen molar-refractivity contribution in [3.05, 3.63) is 53.6 Å². The number of aromatic nitrogens is 2. The van der Waals surface area contributed by atoms with E-state index >= 15 is 0 Å². The number of hydrogen-bond donors (Lipinski definition) is 0. The van der Waals surface area contributed by atoms with E-state index in [1.165, 1.54) is 6.33 Å². The molecular weight excluding hydrogens is 224 g/mol. The molecule has 4 heteroatoms. The lowest BCUT2D eigenvalue weighted by Crippen LogP contribution is -2.05. The van der Waals surface area contributed by atoms with E-state index in [9.17, 15) is 0 Å². The highest BCUT2D eigenvalue weighted by atomic mass is 35.5. The monoisotopic (exact) mass is 234 g/mol. The van der Waals surface area contributed by atoms with Crippen LogP contribution in [0.25, 0.3) is 0 Å². The first kappa shape index (κ1) is 10.9. The van der Waals surface area contributed by atoms with Gasteiger partial charge in [-0.1, -0.05) is 29.8 Å². The molecule has 0 radical (unpaired) electrons. The number of benzene rings is 1. The predicted molar refractivity (Wildman–Crippen MR) is 62.5 cm³/mol. The molecular formula is C12H11ClN2O. The normalized spacial score (nSPS) is 12.1. The fourth-order valence-electron chi connectivity index (χ4n) is 1.33. The number of nitrogens with zero attached hydrogens (tertiary/aromatic N) is 2. The minimum atomic E-state index is -0.150. The van der Waals surface area contributed by atoms with E-state index in [0.717, 1.165) is 11.4 Å². The van der Waals surface area contributed by atoms with Gasteiger partial charge < -0.3 is 4.74 Å². The van der Waals surface area contributed by atoms with E-state index in [-0.39, 0.29) is 6.10 Å². The minimum Gasteiger partial charge on any atom is -0.484 e. The zero-order valence-electron chi connectivity index (χ0n) is 8.80. The van der Waals surface area contributed by atoms with Crippen molar-refractivity contribution in [2.45, 2.75) is 13.0 Å². The van der Waals surface area contributed by atoms with E-state index in [1.54, 1.807) is 6.07 Å². The largest absolute Gasteiger partial charge is 0.484 e. The maximum Gasteiger partial charge on any atom is 0.138 e. The van der Waals surface area contributed by atoms with Crippen LogP contribution in [-0.2, 0) is 0 Å². The number of rotatable bonds is 3. The van der Waals surface area contributed by atoms with Crippen LogP contribution in [0.1, 0.15) is 18.7 Å². The molecule has 0 N–H and O–H groups in total. The van der Waals surface area contributed by atoms with E-state index in [0.29, 0.717) is 5.15 Å². The molecule has 1 atom stereocenters. The molecule has 0 fully saturated rings. The Kier molecular flexibility index (Phi) is 3.37. The average Bonchev–Trinajstić information content (AvgIpc) is 2.30. The van der Waals surface area contributed by atoms with Crippen LogP contribution in [-0.4, -0.2) is 9.97 Å². The lowest BCUT2D eigenvalue weighted by atomic mass is 10.2. The molecule has 0 amide bonds. The Bertz CT molecular complexity index is 462. The van der Waals surface area contributed by atoms with Gasteiger partial charge in [-0.25, -0.2) is 9.97 Å². The predicted octanol–water partition coefficient (Wildman–Crippen LogP) is 3.27. The Hall–Kier alpha value is -1.61. The molecule has 0 aliphatic carbocycles. The van der Waals surface area contributed by atoms with Crippen LogP contribution < -0.4 is 4.74 Å². The molecule has 82 valence electrons. The van der Waals surface area contributed by atoms with Crippen molar-refractivity contribution in [3.8, 4) is 5.75 Å². The summed E-state index contributed by atoms with van der Waals surface area (Å²) in [5.74, 6) is 0.810. The third-order valence-corrected chi connectivity index (χ3v) is 2.33. The molecule has 2 rings (SSSR count). The third-order valence-electron chi connectivity index (χ3n) is 2.13.